The molecule has 110 valence electrons. The molecule has 0 aromatic heterocycles. The van der Waals surface area contributed by atoms with E-state index < -0.39 is 0 Å². The van der Waals surface area contributed by atoms with Crippen molar-refractivity contribution in [1.82, 2.24) is 10.2 Å². The molecule has 1 aliphatic carbocycles. The Balaban J connectivity index is 1.88. The van der Waals surface area contributed by atoms with Crippen LogP contribution < -0.4 is 5.32 Å². The largest absolute Gasteiger partial charge is 0.352 e. The number of hydrogen-bond donors (Lipinski definition) is 1. The van der Waals surface area contributed by atoms with Gasteiger partial charge in [-0.2, -0.15) is 0 Å². The maximum absolute atomic E-state index is 12.1. The van der Waals surface area contributed by atoms with Crippen molar-refractivity contribution >= 4 is 5.91 Å². The van der Waals surface area contributed by atoms with Crippen LogP contribution in [-0.4, -0.2) is 29.4 Å². The van der Waals surface area contributed by atoms with Gasteiger partial charge in [-0.15, -0.1) is 0 Å². The first kappa shape index (κ1) is 15.0. The lowest BCUT2D eigenvalue weighted by Gasteiger charge is -2.24. The summed E-state index contributed by atoms with van der Waals surface area (Å²) in [5.74, 6) is 0.622. The Labute approximate surface area is 122 Å². The zero-order valence-corrected chi connectivity index (χ0v) is 12.8. The third kappa shape index (κ3) is 4.64. The van der Waals surface area contributed by atoms with E-state index in [9.17, 15) is 4.79 Å². The maximum Gasteiger partial charge on any atom is 0.234 e. The second-order valence-electron chi connectivity index (χ2n) is 6.22. The summed E-state index contributed by atoms with van der Waals surface area (Å²) >= 11 is 0. The van der Waals surface area contributed by atoms with Crippen LogP contribution in [0.5, 0.6) is 0 Å². The average Bonchev–Trinajstić information content (AvgIpc) is 3.23. The van der Waals surface area contributed by atoms with Crippen molar-refractivity contribution in [2.24, 2.45) is 5.92 Å². The van der Waals surface area contributed by atoms with Crippen molar-refractivity contribution < 1.29 is 4.79 Å². The van der Waals surface area contributed by atoms with Crippen LogP contribution in [0.25, 0.3) is 0 Å². The lowest BCUT2D eigenvalue weighted by Crippen LogP contribution is -2.43. The van der Waals surface area contributed by atoms with Gasteiger partial charge in [-0.1, -0.05) is 44.2 Å². The molecule has 2 rings (SSSR count). The Morgan fingerprint density at radius 2 is 1.90 bits per heavy atom. The molecular weight excluding hydrogens is 248 g/mol. The molecule has 1 saturated carbocycles. The lowest BCUT2D eigenvalue weighted by molar-refractivity contribution is -0.123. The number of nitrogens with one attached hydrogen (secondary N) is 1. The van der Waals surface area contributed by atoms with Gasteiger partial charge in [0, 0.05) is 18.6 Å². The summed E-state index contributed by atoms with van der Waals surface area (Å²) in [4.78, 5) is 14.4. The molecule has 0 radical (unpaired) electrons. The van der Waals surface area contributed by atoms with Gasteiger partial charge in [0.15, 0.2) is 0 Å². The number of nitrogens with zero attached hydrogens (tertiary/aromatic N) is 1. The summed E-state index contributed by atoms with van der Waals surface area (Å²) in [7, 11) is 0. The van der Waals surface area contributed by atoms with Crippen LogP contribution in [0.15, 0.2) is 30.3 Å². The topological polar surface area (TPSA) is 32.3 Å². The first-order valence-corrected chi connectivity index (χ1v) is 7.63. The Kier molecular flexibility index (Phi) is 5.18. The predicted molar refractivity (Wildman–Crippen MR) is 82.3 cm³/mol. The van der Waals surface area contributed by atoms with Crippen molar-refractivity contribution in [2.45, 2.75) is 52.2 Å². The molecule has 0 saturated heterocycles. The fourth-order valence-corrected chi connectivity index (χ4v) is 2.22. The number of amides is 1. The van der Waals surface area contributed by atoms with E-state index in [0.717, 1.165) is 6.54 Å². The molecule has 1 unspecified atom stereocenters. The Bertz CT molecular complexity index is 426. The molecule has 1 aromatic rings. The second-order valence-corrected chi connectivity index (χ2v) is 6.22. The van der Waals surface area contributed by atoms with Crippen molar-refractivity contribution in [1.29, 1.82) is 0 Å². The van der Waals surface area contributed by atoms with Crippen LogP contribution in [0.2, 0.25) is 0 Å². The number of rotatable bonds is 7. The molecule has 1 atom stereocenters. The van der Waals surface area contributed by atoms with Gasteiger partial charge in [0.25, 0.3) is 0 Å². The Morgan fingerprint density at radius 1 is 1.25 bits per heavy atom. The molecule has 3 nitrogen and oxygen atoms in total. The molecule has 20 heavy (non-hydrogen) atoms. The number of hydrogen-bond acceptors (Lipinski definition) is 2. The summed E-state index contributed by atoms with van der Waals surface area (Å²) in [6.07, 6.45) is 2.44. The predicted octanol–water partition coefficient (Wildman–Crippen LogP) is 2.81. The Hall–Kier alpha value is -1.35. The normalized spacial score (nSPS) is 16.4. The van der Waals surface area contributed by atoms with E-state index in [0.29, 0.717) is 18.5 Å². The minimum Gasteiger partial charge on any atom is -0.352 e. The fraction of sp³-hybridized carbons (Fsp3) is 0.588. The van der Waals surface area contributed by atoms with E-state index in [1.54, 1.807) is 0 Å². The van der Waals surface area contributed by atoms with E-state index >= 15 is 0 Å². The molecule has 3 heteroatoms. The highest BCUT2D eigenvalue weighted by Crippen LogP contribution is 2.28. The average molecular weight is 274 g/mol. The molecule has 0 bridgehead atoms. The molecule has 0 spiro atoms. The van der Waals surface area contributed by atoms with Gasteiger partial charge in [-0.05, 0) is 31.2 Å². The second kappa shape index (κ2) is 6.89. The number of carbonyl (C=O) groups is 1. The first-order valence-electron chi connectivity index (χ1n) is 7.63. The molecular formula is C17H26N2O. The number of carbonyl (C=O) groups excluding carboxylic acids is 1. The highest BCUT2D eigenvalue weighted by Gasteiger charge is 2.30. The zero-order chi connectivity index (χ0) is 14.5. The van der Waals surface area contributed by atoms with E-state index in [1.165, 1.54) is 18.4 Å². The molecule has 1 fully saturated rings. The van der Waals surface area contributed by atoms with Gasteiger partial charge in [0.1, 0.15) is 0 Å². The quantitative estimate of drug-likeness (QED) is 0.829. The highest BCUT2D eigenvalue weighted by molar-refractivity contribution is 5.78. The first-order chi connectivity index (χ1) is 9.56. The van der Waals surface area contributed by atoms with E-state index in [1.807, 2.05) is 6.07 Å². The third-order valence-corrected chi connectivity index (χ3v) is 4.03. The van der Waals surface area contributed by atoms with Crippen molar-refractivity contribution in [3.63, 3.8) is 0 Å². The van der Waals surface area contributed by atoms with E-state index in [-0.39, 0.29) is 11.9 Å². The smallest absolute Gasteiger partial charge is 0.234 e. The van der Waals surface area contributed by atoms with Crippen LogP contribution in [0.4, 0.5) is 0 Å². The fourth-order valence-electron chi connectivity index (χ4n) is 2.22. The van der Waals surface area contributed by atoms with E-state index in [4.69, 9.17) is 0 Å². The zero-order valence-electron chi connectivity index (χ0n) is 12.8. The van der Waals surface area contributed by atoms with Gasteiger partial charge in [0.2, 0.25) is 5.91 Å². The van der Waals surface area contributed by atoms with Crippen LogP contribution >= 0.6 is 0 Å². The maximum atomic E-state index is 12.1. The summed E-state index contributed by atoms with van der Waals surface area (Å²) in [6.45, 7) is 7.72. The monoisotopic (exact) mass is 274 g/mol. The van der Waals surface area contributed by atoms with Gasteiger partial charge < -0.3 is 5.32 Å². The van der Waals surface area contributed by atoms with Gasteiger partial charge >= 0.3 is 0 Å². The lowest BCUT2D eigenvalue weighted by atomic mass is 10.1. The van der Waals surface area contributed by atoms with Crippen LogP contribution in [0.3, 0.4) is 0 Å². The van der Waals surface area contributed by atoms with Crippen molar-refractivity contribution in [2.75, 3.05) is 6.54 Å². The molecule has 1 N–H and O–H groups in total. The SMILES string of the molecule is CC(C)C(C)NC(=O)CN(Cc1ccccc1)C1CC1. The number of benzene rings is 1. The summed E-state index contributed by atoms with van der Waals surface area (Å²) in [5.41, 5.74) is 1.28. The van der Waals surface area contributed by atoms with Gasteiger partial charge in [0.05, 0.1) is 6.54 Å². The molecule has 1 aromatic carbocycles. The molecule has 1 aliphatic rings. The third-order valence-electron chi connectivity index (χ3n) is 4.03. The summed E-state index contributed by atoms with van der Waals surface area (Å²) in [5, 5.41) is 3.10. The van der Waals surface area contributed by atoms with Crippen LogP contribution in [0, 0.1) is 5.92 Å². The van der Waals surface area contributed by atoms with Crippen molar-refractivity contribution in [3.05, 3.63) is 35.9 Å². The summed E-state index contributed by atoms with van der Waals surface area (Å²) in [6, 6.07) is 11.2. The summed E-state index contributed by atoms with van der Waals surface area (Å²) < 4.78 is 0. The van der Waals surface area contributed by atoms with Crippen molar-refractivity contribution in [3.8, 4) is 0 Å². The molecule has 0 heterocycles. The minimum absolute atomic E-state index is 0.147. The van der Waals surface area contributed by atoms with Crippen LogP contribution in [0.1, 0.15) is 39.2 Å². The van der Waals surface area contributed by atoms with Gasteiger partial charge in [-0.3, -0.25) is 9.69 Å². The van der Waals surface area contributed by atoms with Crippen LogP contribution in [-0.2, 0) is 11.3 Å². The molecule has 0 aliphatic heterocycles. The minimum atomic E-state index is 0.147. The standard InChI is InChI=1S/C17H26N2O/c1-13(2)14(3)18-17(20)12-19(16-9-10-16)11-15-7-5-4-6-8-15/h4-8,13-14,16H,9-12H2,1-3H3,(H,18,20). The van der Waals surface area contributed by atoms with E-state index in [2.05, 4.69) is 55.3 Å². The van der Waals surface area contributed by atoms with Gasteiger partial charge in [-0.25, -0.2) is 0 Å². The molecule has 1 amide bonds. The highest BCUT2D eigenvalue weighted by atomic mass is 16.2. The Morgan fingerprint density at radius 3 is 2.45 bits per heavy atom.